The van der Waals surface area contributed by atoms with Gasteiger partial charge >= 0.3 is 0 Å². The first-order valence-electron chi connectivity index (χ1n) is 5.58. The molecule has 2 aromatic rings. The molecule has 0 bridgehead atoms. The van der Waals surface area contributed by atoms with E-state index in [4.69, 9.17) is 9.15 Å². The van der Waals surface area contributed by atoms with E-state index in [9.17, 15) is 0 Å². The zero-order chi connectivity index (χ0) is 12.1. The molecular weight excluding hydrogens is 216 g/mol. The zero-order valence-electron chi connectivity index (χ0n) is 10.0. The standard InChI is InChI=1S/C13H16N2O2/c1-10(14-2)11-5-6-15-13(8-11)17-9-12-4-3-7-16-12/h3-8,10,14H,9H2,1-2H3. The first-order chi connectivity index (χ1) is 8.29. The second-order valence-corrected chi connectivity index (χ2v) is 3.81. The molecule has 0 aromatic carbocycles. The summed E-state index contributed by atoms with van der Waals surface area (Å²) in [4.78, 5) is 4.16. The third kappa shape index (κ3) is 3.07. The van der Waals surface area contributed by atoms with Crippen molar-refractivity contribution in [3.63, 3.8) is 0 Å². The van der Waals surface area contributed by atoms with Gasteiger partial charge in [0.05, 0.1) is 6.26 Å². The van der Waals surface area contributed by atoms with Crippen LogP contribution in [-0.4, -0.2) is 12.0 Å². The van der Waals surface area contributed by atoms with Gasteiger partial charge in [0.25, 0.3) is 0 Å². The summed E-state index contributed by atoms with van der Waals surface area (Å²) in [7, 11) is 1.93. The van der Waals surface area contributed by atoms with Crippen molar-refractivity contribution in [2.24, 2.45) is 0 Å². The van der Waals surface area contributed by atoms with E-state index in [0.29, 0.717) is 12.5 Å². The highest BCUT2D eigenvalue weighted by Gasteiger charge is 2.05. The normalized spacial score (nSPS) is 12.4. The summed E-state index contributed by atoms with van der Waals surface area (Å²) in [5, 5.41) is 3.18. The van der Waals surface area contributed by atoms with Gasteiger partial charge in [0.2, 0.25) is 5.88 Å². The number of hydrogen-bond donors (Lipinski definition) is 1. The summed E-state index contributed by atoms with van der Waals surface area (Å²) in [6.07, 6.45) is 3.38. The maximum Gasteiger partial charge on any atom is 0.213 e. The number of pyridine rings is 1. The zero-order valence-corrected chi connectivity index (χ0v) is 10.0. The highest BCUT2D eigenvalue weighted by atomic mass is 16.5. The van der Waals surface area contributed by atoms with E-state index in [1.165, 1.54) is 0 Å². The molecule has 1 N–H and O–H groups in total. The van der Waals surface area contributed by atoms with Crippen LogP contribution < -0.4 is 10.1 Å². The van der Waals surface area contributed by atoms with Crippen molar-refractivity contribution in [1.82, 2.24) is 10.3 Å². The number of aromatic nitrogens is 1. The second kappa shape index (κ2) is 5.50. The van der Waals surface area contributed by atoms with Crippen LogP contribution in [0.25, 0.3) is 0 Å². The van der Waals surface area contributed by atoms with Crippen LogP contribution in [0.3, 0.4) is 0 Å². The molecule has 1 unspecified atom stereocenters. The molecule has 0 spiro atoms. The molecule has 4 heteroatoms. The van der Waals surface area contributed by atoms with Crippen LogP contribution in [0, 0.1) is 0 Å². The van der Waals surface area contributed by atoms with Gasteiger partial charge in [0, 0.05) is 18.3 Å². The molecule has 0 saturated carbocycles. The van der Waals surface area contributed by atoms with Crippen molar-refractivity contribution in [2.75, 3.05) is 7.05 Å². The smallest absolute Gasteiger partial charge is 0.213 e. The minimum atomic E-state index is 0.281. The van der Waals surface area contributed by atoms with E-state index in [1.54, 1.807) is 12.5 Å². The summed E-state index contributed by atoms with van der Waals surface area (Å²) in [5.41, 5.74) is 1.15. The lowest BCUT2D eigenvalue weighted by molar-refractivity contribution is 0.260. The molecule has 1 atom stereocenters. The molecule has 0 radical (unpaired) electrons. The summed E-state index contributed by atoms with van der Waals surface area (Å²) in [6.45, 7) is 2.49. The predicted molar refractivity (Wildman–Crippen MR) is 64.8 cm³/mol. The Kier molecular flexibility index (Phi) is 3.77. The topological polar surface area (TPSA) is 47.3 Å². The Morgan fingerprint density at radius 1 is 1.47 bits per heavy atom. The van der Waals surface area contributed by atoms with Crippen LogP contribution in [0.1, 0.15) is 24.3 Å². The van der Waals surface area contributed by atoms with Gasteiger partial charge in [0.1, 0.15) is 12.4 Å². The Morgan fingerprint density at radius 3 is 3.06 bits per heavy atom. The van der Waals surface area contributed by atoms with E-state index in [-0.39, 0.29) is 6.04 Å². The quantitative estimate of drug-likeness (QED) is 0.860. The molecule has 0 saturated heterocycles. The molecular formula is C13H16N2O2. The molecule has 0 fully saturated rings. The lowest BCUT2D eigenvalue weighted by atomic mass is 10.1. The molecule has 2 rings (SSSR count). The van der Waals surface area contributed by atoms with E-state index in [1.807, 2.05) is 31.3 Å². The fourth-order valence-corrected chi connectivity index (χ4v) is 1.48. The first-order valence-corrected chi connectivity index (χ1v) is 5.58. The number of nitrogens with one attached hydrogen (secondary N) is 1. The molecule has 90 valence electrons. The minimum absolute atomic E-state index is 0.281. The number of furan rings is 1. The van der Waals surface area contributed by atoms with Crippen LogP contribution in [0.2, 0.25) is 0 Å². The lowest BCUT2D eigenvalue weighted by Crippen LogP contribution is -2.12. The Hall–Kier alpha value is -1.81. The Morgan fingerprint density at radius 2 is 2.35 bits per heavy atom. The summed E-state index contributed by atoms with van der Waals surface area (Å²) in [6, 6.07) is 7.90. The van der Waals surface area contributed by atoms with Crippen molar-refractivity contribution >= 4 is 0 Å². The van der Waals surface area contributed by atoms with Gasteiger partial charge in [0.15, 0.2) is 0 Å². The van der Waals surface area contributed by atoms with Crippen molar-refractivity contribution < 1.29 is 9.15 Å². The van der Waals surface area contributed by atoms with Crippen LogP contribution in [0.5, 0.6) is 5.88 Å². The maximum atomic E-state index is 5.55. The SMILES string of the molecule is CNC(C)c1ccnc(OCc2ccco2)c1. The third-order valence-electron chi connectivity index (χ3n) is 2.63. The van der Waals surface area contributed by atoms with Gasteiger partial charge in [-0.1, -0.05) is 0 Å². The van der Waals surface area contributed by atoms with Gasteiger partial charge in [-0.05, 0) is 37.7 Å². The fraction of sp³-hybridized carbons (Fsp3) is 0.308. The molecule has 17 heavy (non-hydrogen) atoms. The average molecular weight is 232 g/mol. The number of hydrogen-bond acceptors (Lipinski definition) is 4. The summed E-state index contributed by atoms with van der Waals surface area (Å²) in [5.74, 6) is 1.40. The van der Waals surface area contributed by atoms with Crippen molar-refractivity contribution in [3.8, 4) is 5.88 Å². The minimum Gasteiger partial charge on any atom is -0.469 e. The highest BCUT2D eigenvalue weighted by molar-refractivity contribution is 5.23. The first kappa shape index (κ1) is 11.7. The summed E-state index contributed by atoms with van der Waals surface area (Å²) >= 11 is 0. The van der Waals surface area contributed by atoms with Gasteiger partial charge in [-0.25, -0.2) is 4.98 Å². The van der Waals surface area contributed by atoms with E-state index in [0.717, 1.165) is 11.3 Å². The van der Waals surface area contributed by atoms with E-state index < -0.39 is 0 Å². The lowest BCUT2D eigenvalue weighted by Gasteiger charge is -2.11. The predicted octanol–water partition coefficient (Wildman–Crippen LogP) is 2.53. The van der Waals surface area contributed by atoms with Crippen molar-refractivity contribution in [2.45, 2.75) is 19.6 Å². The fourth-order valence-electron chi connectivity index (χ4n) is 1.48. The maximum absolute atomic E-state index is 5.55. The molecule has 2 heterocycles. The van der Waals surface area contributed by atoms with Gasteiger partial charge in [-0.15, -0.1) is 0 Å². The highest BCUT2D eigenvalue weighted by Crippen LogP contribution is 2.17. The molecule has 0 amide bonds. The van der Waals surface area contributed by atoms with Crippen LogP contribution >= 0.6 is 0 Å². The molecule has 0 aliphatic carbocycles. The second-order valence-electron chi connectivity index (χ2n) is 3.81. The largest absolute Gasteiger partial charge is 0.469 e. The number of ether oxygens (including phenoxy) is 1. The Labute approximate surface area is 101 Å². The van der Waals surface area contributed by atoms with Crippen LogP contribution in [-0.2, 0) is 6.61 Å². The van der Waals surface area contributed by atoms with E-state index in [2.05, 4.69) is 17.2 Å². The molecule has 4 nitrogen and oxygen atoms in total. The van der Waals surface area contributed by atoms with E-state index >= 15 is 0 Å². The Balaban J connectivity index is 2.01. The van der Waals surface area contributed by atoms with Crippen LogP contribution in [0.15, 0.2) is 41.1 Å². The summed E-state index contributed by atoms with van der Waals surface area (Å²) < 4.78 is 10.7. The third-order valence-corrected chi connectivity index (χ3v) is 2.63. The van der Waals surface area contributed by atoms with Gasteiger partial charge < -0.3 is 14.5 Å². The van der Waals surface area contributed by atoms with Gasteiger partial charge in [-0.2, -0.15) is 0 Å². The molecule has 2 aromatic heterocycles. The van der Waals surface area contributed by atoms with Gasteiger partial charge in [-0.3, -0.25) is 0 Å². The van der Waals surface area contributed by atoms with Crippen molar-refractivity contribution in [1.29, 1.82) is 0 Å². The average Bonchev–Trinajstić information content (AvgIpc) is 2.89. The number of nitrogens with zero attached hydrogens (tertiary/aromatic N) is 1. The molecule has 0 aliphatic heterocycles. The molecule has 0 aliphatic rings. The van der Waals surface area contributed by atoms with Crippen molar-refractivity contribution in [3.05, 3.63) is 48.0 Å². The Bertz CT molecular complexity index is 454. The number of rotatable bonds is 5. The van der Waals surface area contributed by atoms with Crippen LogP contribution in [0.4, 0.5) is 0 Å². The monoisotopic (exact) mass is 232 g/mol.